The Labute approximate surface area is 137 Å². The number of pyridine rings is 1. The first-order valence-corrected chi connectivity index (χ1v) is 7.82. The standard InChI is InChI=1S/C18H23N3O2/c1-4-21(5-2)17-11-8-15(12-19-17)20-18(22)13-23-16-9-6-14(3)7-10-16/h6-12H,4-5,13H2,1-3H3,(H,20,22). The van der Waals surface area contributed by atoms with Gasteiger partial charge in [-0.05, 0) is 45.0 Å². The maximum Gasteiger partial charge on any atom is 0.262 e. The Bertz CT molecular complexity index is 620. The summed E-state index contributed by atoms with van der Waals surface area (Å²) in [4.78, 5) is 18.4. The van der Waals surface area contributed by atoms with Crippen molar-refractivity contribution in [2.24, 2.45) is 0 Å². The van der Waals surface area contributed by atoms with E-state index in [1.54, 1.807) is 6.20 Å². The predicted octanol–water partition coefficient (Wildman–Crippen LogP) is 3.25. The van der Waals surface area contributed by atoms with Crippen molar-refractivity contribution in [3.63, 3.8) is 0 Å². The number of amides is 1. The van der Waals surface area contributed by atoms with E-state index in [2.05, 4.69) is 29.0 Å². The zero-order valence-corrected chi connectivity index (χ0v) is 13.9. The highest BCUT2D eigenvalue weighted by Crippen LogP contribution is 2.14. The second-order valence-electron chi connectivity index (χ2n) is 5.23. The fourth-order valence-corrected chi connectivity index (χ4v) is 2.18. The van der Waals surface area contributed by atoms with Gasteiger partial charge in [0, 0.05) is 13.1 Å². The third-order valence-corrected chi connectivity index (χ3v) is 3.51. The molecule has 1 aromatic heterocycles. The SMILES string of the molecule is CCN(CC)c1ccc(NC(=O)COc2ccc(C)cc2)cn1. The lowest BCUT2D eigenvalue weighted by Crippen LogP contribution is -2.23. The highest BCUT2D eigenvalue weighted by atomic mass is 16.5. The lowest BCUT2D eigenvalue weighted by Gasteiger charge is -2.19. The van der Waals surface area contributed by atoms with Gasteiger partial charge in [0.2, 0.25) is 0 Å². The van der Waals surface area contributed by atoms with Crippen LogP contribution in [0.2, 0.25) is 0 Å². The highest BCUT2D eigenvalue weighted by Gasteiger charge is 2.06. The molecule has 5 heteroatoms. The number of aromatic nitrogens is 1. The van der Waals surface area contributed by atoms with Crippen molar-refractivity contribution in [2.45, 2.75) is 20.8 Å². The number of anilines is 2. The fourth-order valence-electron chi connectivity index (χ4n) is 2.18. The Balaban J connectivity index is 1.86. The summed E-state index contributed by atoms with van der Waals surface area (Å²) in [5.41, 5.74) is 1.82. The van der Waals surface area contributed by atoms with Crippen LogP contribution in [-0.2, 0) is 4.79 Å². The van der Waals surface area contributed by atoms with Crippen LogP contribution in [-0.4, -0.2) is 30.6 Å². The van der Waals surface area contributed by atoms with Crippen molar-refractivity contribution in [3.05, 3.63) is 48.2 Å². The summed E-state index contributed by atoms with van der Waals surface area (Å²) in [7, 11) is 0. The molecule has 0 radical (unpaired) electrons. The van der Waals surface area contributed by atoms with E-state index in [4.69, 9.17) is 4.74 Å². The van der Waals surface area contributed by atoms with Gasteiger partial charge in [-0.2, -0.15) is 0 Å². The molecule has 0 aliphatic heterocycles. The van der Waals surface area contributed by atoms with Gasteiger partial charge in [-0.1, -0.05) is 17.7 Å². The first-order valence-electron chi connectivity index (χ1n) is 7.82. The molecule has 1 aromatic carbocycles. The molecule has 1 heterocycles. The molecular weight excluding hydrogens is 290 g/mol. The summed E-state index contributed by atoms with van der Waals surface area (Å²) in [6, 6.07) is 11.4. The zero-order chi connectivity index (χ0) is 16.7. The molecular formula is C18H23N3O2. The number of nitrogens with one attached hydrogen (secondary N) is 1. The van der Waals surface area contributed by atoms with Crippen molar-refractivity contribution in [3.8, 4) is 5.75 Å². The third kappa shape index (κ3) is 4.98. The van der Waals surface area contributed by atoms with Gasteiger partial charge >= 0.3 is 0 Å². The minimum Gasteiger partial charge on any atom is -0.484 e. The topological polar surface area (TPSA) is 54.5 Å². The van der Waals surface area contributed by atoms with Crippen molar-refractivity contribution >= 4 is 17.4 Å². The molecule has 0 saturated carbocycles. The molecule has 2 aromatic rings. The molecule has 0 saturated heterocycles. The summed E-state index contributed by atoms with van der Waals surface area (Å²) >= 11 is 0. The second kappa shape index (κ2) is 8.17. The van der Waals surface area contributed by atoms with E-state index in [-0.39, 0.29) is 12.5 Å². The third-order valence-electron chi connectivity index (χ3n) is 3.51. The van der Waals surface area contributed by atoms with Gasteiger partial charge in [0.05, 0.1) is 11.9 Å². The van der Waals surface area contributed by atoms with Gasteiger partial charge in [-0.15, -0.1) is 0 Å². The van der Waals surface area contributed by atoms with Crippen molar-refractivity contribution in [1.29, 1.82) is 0 Å². The van der Waals surface area contributed by atoms with Crippen molar-refractivity contribution in [1.82, 2.24) is 4.98 Å². The van der Waals surface area contributed by atoms with Crippen LogP contribution in [0.1, 0.15) is 19.4 Å². The van der Waals surface area contributed by atoms with E-state index in [1.807, 2.05) is 43.3 Å². The summed E-state index contributed by atoms with van der Waals surface area (Å²) in [6.45, 7) is 7.96. The molecule has 0 spiro atoms. The maximum atomic E-state index is 11.9. The van der Waals surface area contributed by atoms with E-state index in [0.29, 0.717) is 11.4 Å². The summed E-state index contributed by atoms with van der Waals surface area (Å²) in [5, 5.41) is 2.78. The number of carbonyl (C=O) groups is 1. The van der Waals surface area contributed by atoms with E-state index in [9.17, 15) is 4.79 Å². The number of nitrogens with zero attached hydrogens (tertiary/aromatic N) is 2. The van der Waals surface area contributed by atoms with Crippen LogP contribution >= 0.6 is 0 Å². The molecule has 5 nitrogen and oxygen atoms in total. The average molecular weight is 313 g/mol. The predicted molar refractivity (Wildman–Crippen MR) is 93.1 cm³/mol. The van der Waals surface area contributed by atoms with Gasteiger partial charge in [0.15, 0.2) is 6.61 Å². The molecule has 2 rings (SSSR count). The van der Waals surface area contributed by atoms with Crippen LogP contribution < -0.4 is 15.0 Å². The Morgan fingerprint density at radius 1 is 1.13 bits per heavy atom. The van der Waals surface area contributed by atoms with E-state index >= 15 is 0 Å². The largest absolute Gasteiger partial charge is 0.484 e. The molecule has 0 unspecified atom stereocenters. The molecule has 0 aliphatic rings. The summed E-state index contributed by atoms with van der Waals surface area (Å²) in [5.74, 6) is 1.38. The number of ether oxygens (including phenoxy) is 1. The van der Waals surface area contributed by atoms with Crippen molar-refractivity contribution < 1.29 is 9.53 Å². The number of hydrogen-bond donors (Lipinski definition) is 1. The normalized spacial score (nSPS) is 10.2. The molecule has 0 bridgehead atoms. The number of aryl methyl sites for hydroxylation is 1. The van der Waals surface area contributed by atoms with Gasteiger partial charge < -0.3 is 15.0 Å². The number of rotatable bonds is 7. The van der Waals surface area contributed by atoms with E-state index in [1.165, 1.54) is 0 Å². The first kappa shape index (κ1) is 16.8. The minimum absolute atomic E-state index is 0.0269. The fraction of sp³-hybridized carbons (Fsp3) is 0.333. The quantitative estimate of drug-likeness (QED) is 0.852. The maximum absolute atomic E-state index is 11.9. The Hall–Kier alpha value is -2.56. The summed E-state index contributed by atoms with van der Waals surface area (Å²) < 4.78 is 5.45. The zero-order valence-electron chi connectivity index (χ0n) is 13.9. The smallest absolute Gasteiger partial charge is 0.262 e. The number of hydrogen-bond acceptors (Lipinski definition) is 4. The Morgan fingerprint density at radius 3 is 2.39 bits per heavy atom. The molecule has 0 aliphatic carbocycles. The lowest BCUT2D eigenvalue weighted by atomic mass is 10.2. The van der Waals surface area contributed by atoms with Gasteiger partial charge in [0.25, 0.3) is 5.91 Å². The minimum atomic E-state index is -0.206. The lowest BCUT2D eigenvalue weighted by molar-refractivity contribution is -0.118. The highest BCUT2D eigenvalue weighted by molar-refractivity contribution is 5.91. The molecule has 1 amide bonds. The van der Waals surface area contributed by atoms with Crippen molar-refractivity contribution in [2.75, 3.05) is 29.9 Å². The summed E-state index contributed by atoms with van der Waals surface area (Å²) in [6.07, 6.45) is 1.66. The molecule has 1 N–H and O–H groups in total. The van der Waals surface area contributed by atoms with Crippen LogP contribution in [0.15, 0.2) is 42.6 Å². The molecule has 23 heavy (non-hydrogen) atoms. The van der Waals surface area contributed by atoms with E-state index < -0.39 is 0 Å². The van der Waals surface area contributed by atoms with Gasteiger partial charge in [-0.3, -0.25) is 4.79 Å². The van der Waals surface area contributed by atoms with Gasteiger partial charge in [-0.25, -0.2) is 4.98 Å². The number of carbonyl (C=O) groups excluding carboxylic acids is 1. The molecule has 0 atom stereocenters. The molecule has 122 valence electrons. The monoisotopic (exact) mass is 313 g/mol. The van der Waals surface area contributed by atoms with Gasteiger partial charge in [0.1, 0.15) is 11.6 Å². The van der Waals surface area contributed by atoms with E-state index in [0.717, 1.165) is 24.5 Å². The van der Waals surface area contributed by atoms with Crippen LogP contribution in [0.4, 0.5) is 11.5 Å². The van der Waals surface area contributed by atoms with Crippen LogP contribution in [0.25, 0.3) is 0 Å². The number of benzene rings is 1. The van der Waals surface area contributed by atoms with Crippen LogP contribution in [0.5, 0.6) is 5.75 Å². The molecule has 0 fully saturated rings. The Morgan fingerprint density at radius 2 is 1.83 bits per heavy atom. The first-order chi connectivity index (χ1) is 11.1. The average Bonchev–Trinajstić information content (AvgIpc) is 2.57. The van der Waals surface area contributed by atoms with Crippen LogP contribution in [0.3, 0.4) is 0 Å². The second-order valence-corrected chi connectivity index (χ2v) is 5.23. The van der Waals surface area contributed by atoms with Crippen LogP contribution in [0, 0.1) is 6.92 Å². The Kier molecular flexibility index (Phi) is 5.97.